The van der Waals surface area contributed by atoms with Gasteiger partial charge in [-0.25, -0.2) is 0 Å². The molecule has 0 N–H and O–H groups in total. The van der Waals surface area contributed by atoms with E-state index in [-0.39, 0.29) is 0 Å². The second kappa shape index (κ2) is 8.16. The van der Waals surface area contributed by atoms with Gasteiger partial charge in [0.1, 0.15) is 0 Å². The van der Waals surface area contributed by atoms with Gasteiger partial charge in [0.15, 0.2) is 0 Å². The fraction of sp³-hybridized carbons (Fsp3) is 0.0833. The minimum Gasteiger partial charge on any atom is -0.378 e. The summed E-state index contributed by atoms with van der Waals surface area (Å²) in [6, 6.07) is 29.6. The molecule has 0 aliphatic rings. The van der Waals surface area contributed by atoms with E-state index in [0.717, 1.165) is 0 Å². The lowest BCUT2D eigenvalue weighted by Gasteiger charge is -2.11. The largest absolute Gasteiger partial charge is 0.378 e. The highest BCUT2D eigenvalue weighted by molar-refractivity contribution is 5.81. The molecular weight excluding hydrogens is 302 g/mol. The zero-order valence-electron chi connectivity index (χ0n) is 14.8. The fourth-order valence-corrected chi connectivity index (χ4v) is 2.73. The van der Waals surface area contributed by atoms with Gasteiger partial charge < -0.3 is 4.90 Å². The molecule has 0 heterocycles. The molecule has 124 valence electrons. The van der Waals surface area contributed by atoms with E-state index >= 15 is 0 Å². The minimum atomic E-state index is 1.20. The van der Waals surface area contributed by atoms with Crippen LogP contribution in [-0.2, 0) is 0 Å². The average molecular weight is 325 g/mol. The van der Waals surface area contributed by atoms with Crippen LogP contribution in [0.5, 0.6) is 0 Å². The second-order valence-electron chi connectivity index (χ2n) is 6.16. The number of benzene rings is 3. The van der Waals surface area contributed by atoms with Crippen molar-refractivity contribution in [3.05, 3.63) is 114 Å². The van der Waals surface area contributed by atoms with Crippen molar-refractivity contribution in [1.29, 1.82) is 0 Å². The van der Waals surface area contributed by atoms with Crippen LogP contribution in [0.15, 0.2) is 97.1 Å². The van der Waals surface area contributed by atoms with Gasteiger partial charge in [0.05, 0.1) is 0 Å². The third kappa shape index (κ3) is 4.48. The maximum Gasteiger partial charge on any atom is 0.0361 e. The van der Waals surface area contributed by atoms with E-state index in [4.69, 9.17) is 0 Å². The smallest absolute Gasteiger partial charge is 0.0361 e. The molecule has 0 fully saturated rings. The van der Waals surface area contributed by atoms with Gasteiger partial charge >= 0.3 is 0 Å². The standard InChI is InChI=1S/C24H23N/c1-25(2)23-18-16-20(17-19-23)10-9-15-24(21-11-5-3-6-12-21)22-13-7-4-8-14-22/h3-19H,1-2H3/b10-9+. The van der Waals surface area contributed by atoms with Crippen molar-refractivity contribution in [2.24, 2.45) is 0 Å². The Bertz CT molecular complexity index is 800. The van der Waals surface area contributed by atoms with Crippen molar-refractivity contribution in [1.82, 2.24) is 0 Å². The van der Waals surface area contributed by atoms with Gasteiger partial charge in [-0.1, -0.05) is 91.0 Å². The summed E-state index contributed by atoms with van der Waals surface area (Å²) < 4.78 is 0. The van der Waals surface area contributed by atoms with Crippen LogP contribution >= 0.6 is 0 Å². The Kier molecular flexibility index (Phi) is 5.48. The number of allylic oxidation sites excluding steroid dienone is 2. The lowest BCUT2D eigenvalue weighted by molar-refractivity contribution is 1.13. The molecule has 0 aliphatic carbocycles. The summed E-state index contributed by atoms with van der Waals surface area (Å²) in [6.07, 6.45) is 6.45. The van der Waals surface area contributed by atoms with E-state index in [9.17, 15) is 0 Å². The molecule has 0 spiro atoms. The molecule has 0 atom stereocenters. The fourth-order valence-electron chi connectivity index (χ4n) is 2.73. The Balaban J connectivity index is 1.88. The van der Waals surface area contributed by atoms with Crippen LogP contribution in [0.3, 0.4) is 0 Å². The predicted molar refractivity (Wildman–Crippen MR) is 110 cm³/mol. The third-order valence-electron chi connectivity index (χ3n) is 4.13. The summed E-state index contributed by atoms with van der Waals surface area (Å²) in [7, 11) is 4.11. The quantitative estimate of drug-likeness (QED) is 0.528. The number of nitrogens with zero attached hydrogens (tertiary/aromatic N) is 1. The number of anilines is 1. The molecule has 0 saturated heterocycles. The molecule has 1 nitrogen and oxygen atoms in total. The first-order chi connectivity index (χ1) is 12.2. The topological polar surface area (TPSA) is 3.24 Å². The Morgan fingerprint density at radius 3 is 1.68 bits per heavy atom. The maximum atomic E-state index is 2.19. The van der Waals surface area contributed by atoms with Gasteiger partial charge in [0, 0.05) is 19.8 Å². The maximum absolute atomic E-state index is 2.19. The SMILES string of the molecule is CN(C)c1ccc(/C=C/C=C(c2ccccc2)c2ccccc2)cc1. The average Bonchev–Trinajstić information content (AvgIpc) is 2.67. The van der Waals surface area contributed by atoms with E-state index in [0.29, 0.717) is 0 Å². The normalized spacial score (nSPS) is 10.6. The number of rotatable bonds is 5. The molecule has 3 rings (SSSR count). The van der Waals surface area contributed by atoms with Gasteiger partial charge in [0.2, 0.25) is 0 Å². The molecule has 3 aromatic carbocycles. The zero-order chi connectivity index (χ0) is 17.5. The van der Waals surface area contributed by atoms with Crippen molar-refractivity contribution in [3.63, 3.8) is 0 Å². The third-order valence-corrected chi connectivity index (χ3v) is 4.13. The van der Waals surface area contributed by atoms with Crippen molar-refractivity contribution >= 4 is 17.3 Å². The summed E-state index contributed by atoms with van der Waals surface area (Å²) in [4.78, 5) is 2.11. The summed E-state index contributed by atoms with van der Waals surface area (Å²) in [5.41, 5.74) is 6.08. The zero-order valence-corrected chi connectivity index (χ0v) is 14.8. The van der Waals surface area contributed by atoms with Gasteiger partial charge in [-0.3, -0.25) is 0 Å². The van der Waals surface area contributed by atoms with Crippen LogP contribution in [-0.4, -0.2) is 14.1 Å². The van der Waals surface area contributed by atoms with Crippen LogP contribution in [0.4, 0.5) is 5.69 Å². The first-order valence-corrected chi connectivity index (χ1v) is 8.50. The van der Waals surface area contributed by atoms with Gasteiger partial charge in [0.25, 0.3) is 0 Å². The molecule has 3 aromatic rings. The van der Waals surface area contributed by atoms with Crippen LogP contribution in [0, 0.1) is 0 Å². The number of hydrogen-bond acceptors (Lipinski definition) is 1. The molecule has 0 unspecified atom stereocenters. The van der Waals surface area contributed by atoms with Crippen LogP contribution in [0.25, 0.3) is 11.6 Å². The summed E-state index contributed by atoms with van der Waals surface area (Å²) in [5, 5.41) is 0. The van der Waals surface area contributed by atoms with Gasteiger partial charge in [-0.2, -0.15) is 0 Å². The second-order valence-corrected chi connectivity index (χ2v) is 6.16. The lowest BCUT2D eigenvalue weighted by atomic mass is 9.97. The first kappa shape index (κ1) is 16.8. The summed E-state index contributed by atoms with van der Waals surface area (Å²) in [6.45, 7) is 0. The van der Waals surface area contributed by atoms with Crippen LogP contribution in [0.2, 0.25) is 0 Å². The van der Waals surface area contributed by atoms with Gasteiger partial charge in [-0.15, -0.1) is 0 Å². The Morgan fingerprint density at radius 1 is 0.680 bits per heavy atom. The molecule has 0 radical (unpaired) electrons. The molecule has 0 bridgehead atoms. The van der Waals surface area contributed by atoms with Crippen LogP contribution in [0.1, 0.15) is 16.7 Å². The molecule has 0 aliphatic heterocycles. The van der Waals surface area contributed by atoms with Crippen LogP contribution < -0.4 is 4.90 Å². The number of hydrogen-bond donors (Lipinski definition) is 0. The van der Waals surface area contributed by atoms with Crippen molar-refractivity contribution in [2.45, 2.75) is 0 Å². The summed E-state index contributed by atoms with van der Waals surface area (Å²) in [5.74, 6) is 0. The molecule has 25 heavy (non-hydrogen) atoms. The molecular formula is C24H23N. The minimum absolute atomic E-state index is 1.20. The molecule has 1 heteroatoms. The van der Waals surface area contributed by atoms with E-state index in [2.05, 4.69) is 110 Å². The molecule has 0 saturated carbocycles. The highest BCUT2D eigenvalue weighted by atomic mass is 15.1. The van der Waals surface area contributed by atoms with E-state index in [1.165, 1.54) is 28.0 Å². The van der Waals surface area contributed by atoms with E-state index in [1.807, 2.05) is 12.1 Å². The summed E-state index contributed by atoms with van der Waals surface area (Å²) >= 11 is 0. The molecule has 0 amide bonds. The lowest BCUT2D eigenvalue weighted by Crippen LogP contribution is -2.07. The first-order valence-electron chi connectivity index (χ1n) is 8.50. The van der Waals surface area contributed by atoms with E-state index in [1.54, 1.807) is 0 Å². The molecule has 0 aromatic heterocycles. The highest BCUT2D eigenvalue weighted by Gasteiger charge is 2.02. The van der Waals surface area contributed by atoms with Crippen molar-refractivity contribution in [3.8, 4) is 0 Å². The van der Waals surface area contributed by atoms with Crippen molar-refractivity contribution in [2.75, 3.05) is 19.0 Å². The highest BCUT2D eigenvalue weighted by Crippen LogP contribution is 2.23. The predicted octanol–water partition coefficient (Wildman–Crippen LogP) is 5.90. The van der Waals surface area contributed by atoms with Gasteiger partial charge in [-0.05, 0) is 34.4 Å². The monoisotopic (exact) mass is 325 g/mol. The van der Waals surface area contributed by atoms with E-state index < -0.39 is 0 Å². The Labute approximate surface area is 150 Å². The Morgan fingerprint density at radius 2 is 1.20 bits per heavy atom. The van der Waals surface area contributed by atoms with Crippen molar-refractivity contribution < 1.29 is 0 Å². The Hall–Kier alpha value is -3.06.